The first-order valence-corrected chi connectivity index (χ1v) is 8.55. The summed E-state index contributed by atoms with van der Waals surface area (Å²) in [6.07, 6.45) is 0.281. The van der Waals surface area contributed by atoms with Crippen LogP contribution in [0, 0.1) is 5.92 Å². The molecule has 2 rings (SSSR count). The number of carboxylic acid groups (broad SMARTS) is 1. The van der Waals surface area contributed by atoms with Gasteiger partial charge in [0.2, 0.25) is 5.75 Å². The summed E-state index contributed by atoms with van der Waals surface area (Å²) < 4.78 is 17.8. The molecule has 2 aromatic rings. The zero-order valence-corrected chi connectivity index (χ0v) is 16.4. The largest absolute Gasteiger partial charge is 0.548 e. The van der Waals surface area contributed by atoms with Gasteiger partial charge in [-0.1, -0.05) is 13.8 Å². The average molecular weight is 377 g/mol. The number of aliphatic carboxylic acids is 1. The molecule has 1 amide bonds. The van der Waals surface area contributed by atoms with Gasteiger partial charge in [-0.05, 0) is 24.5 Å². The van der Waals surface area contributed by atoms with Gasteiger partial charge in [-0.3, -0.25) is 4.79 Å². The summed E-state index contributed by atoms with van der Waals surface area (Å²) in [6.45, 7) is 3.75. The summed E-state index contributed by atoms with van der Waals surface area (Å²) in [7, 11) is 6.20. The highest BCUT2D eigenvalue weighted by Crippen LogP contribution is 2.44. The number of aromatic nitrogens is 1. The fourth-order valence-electron chi connectivity index (χ4n) is 3.12. The summed E-state index contributed by atoms with van der Waals surface area (Å²) in [5.74, 6) is -0.429. The molecule has 0 saturated carbocycles. The molecule has 0 aliphatic heterocycles. The van der Waals surface area contributed by atoms with Crippen molar-refractivity contribution >= 4 is 22.8 Å². The number of aryl methyl sites for hydroxylation is 1. The Hall–Kier alpha value is -2.90. The van der Waals surface area contributed by atoms with E-state index in [4.69, 9.17) is 14.2 Å². The number of nitrogens with one attached hydrogen (secondary N) is 1. The van der Waals surface area contributed by atoms with E-state index in [2.05, 4.69) is 5.32 Å². The van der Waals surface area contributed by atoms with Crippen LogP contribution >= 0.6 is 0 Å². The minimum atomic E-state index is -1.31. The summed E-state index contributed by atoms with van der Waals surface area (Å²) >= 11 is 0. The molecule has 27 heavy (non-hydrogen) atoms. The van der Waals surface area contributed by atoms with Crippen LogP contribution in [-0.4, -0.2) is 43.8 Å². The molecule has 0 aliphatic carbocycles. The molecule has 0 fully saturated rings. The first-order valence-electron chi connectivity index (χ1n) is 8.55. The molecule has 148 valence electrons. The van der Waals surface area contributed by atoms with Crippen LogP contribution in [0.3, 0.4) is 0 Å². The zero-order chi connectivity index (χ0) is 20.3. The smallest absolute Gasteiger partial charge is 0.268 e. The minimum absolute atomic E-state index is 0.0919. The number of carbonyl (C=O) groups excluding carboxylic acids is 2. The topological polar surface area (TPSA) is 102 Å². The van der Waals surface area contributed by atoms with E-state index in [1.54, 1.807) is 23.7 Å². The van der Waals surface area contributed by atoms with E-state index in [-0.39, 0.29) is 18.0 Å². The van der Waals surface area contributed by atoms with Crippen molar-refractivity contribution in [2.45, 2.75) is 26.3 Å². The first-order chi connectivity index (χ1) is 12.7. The van der Waals surface area contributed by atoms with E-state index in [9.17, 15) is 14.7 Å². The molecule has 0 bridgehead atoms. The van der Waals surface area contributed by atoms with Gasteiger partial charge in [0.05, 0.1) is 38.9 Å². The van der Waals surface area contributed by atoms with Crippen molar-refractivity contribution < 1.29 is 28.9 Å². The number of rotatable bonds is 8. The van der Waals surface area contributed by atoms with Gasteiger partial charge in [-0.2, -0.15) is 0 Å². The summed E-state index contributed by atoms with van der Waals surface area (Å²) in [4.78, 5) is 24.1. The Morgan fingerprint density at radius 1 is 1.11 bits per heavy atom. The molecule has 1 aromatic carbocycles. The molecule has 8 nitrogen and oxygen atoms in total. The molecule has 1 atom stereocenters. The number of carbonyl (C=O) groups is 2. The van der Waals surface area contributed by atoms with Crippen LogP contribution in [0.25, 0.3) is 10.9 Å². The van der Waals surface area contributed by atoms with Gasteiger partial charge in [0.25, 0.3) is 5.91 Å². The van der Waals surface area contributed by atoms with E-state index in [0.29, 0.717) is 28.2 Å². The van der Waals surface area contributed by atoms with Crippen LogP contribution in [0.4, 0.5) is 0 Å². The van der Waals surface area contributed by atoms with E-state index in [0.717, 1.165) is 0 Å². The van der Waals surface area contributed by atoms with Gasteiger partial charge >= 0.3 is 0 Å². The number of methoxy groups -OCH3 is 3. The highest BCUT2D eigenvalue weighted by atomic mass is 16.5. The highest BCUT2D eigenvalue weighted by Gasteiger charge is 2.24. The number of hydrogen-bond donors (Lipinski definition) is 1. The molecule has 0 radical (unpaired) electrons. The number of carboxylic acids is 1. The number of benzene rings is 1. The fourth-order valence-corrected chi connectivity index (χ4v) is 3.12. The predicted octanol–water partition coefficient (Wildman–Crippen LogP) is 1.10. The van der Waals surface area contributed by atoms with E-state index in [1.807, 2.05) is 13.8 Å². The molecule has 0 saturated heterocycles. The summed E-state index contributed by atoms with van der Waals surface area (Å²) in [5.41, 5.74) is 0.919. The lowest BCUT2D eigenvalue weighted by Crippen LogP contribution is -2.48. The van der Waals surface area contributed by atoms with Crippen LogP contribution in [0.5, 0.6) is 17.2 Å². The van der Waals surface area contributed by atoms with Crippen LogP contribution in [0.15, 0.2) is 12.1 Å². The van der Waals surface area contributed by atoms with Crippen LogP contribution in [-0.2, 0) is 11.8 Å². The lowest BCUT2D eigenvalue weighted by Gasteiger charge is -2.21. The number of hydrogen-bond acceptors (Lipinski definition) is 6. The van der Waals surface area contributed by atoms with E-state index in [1.165, 1.54) is 21.3 Å². The Balaban J connectivity index is 2.52. The lowest BCUT2D eigenvalue weighted by molar-refractivity contribution is -0.308. The SMILES string of the molecule is COc1cc2cc(C(=O)N[C@@H](CC(C)C)C(=O)[O-])n(C)c2c(OC)c1OC. The number of amides is 1. The normalized spacial score (nSPS) is 12.1. The number of fused-ring (bicyclic) bond motifs is 1. The van der Waals surface area contributed by atoms with Gasteiger partial charge in [0, 0.05) is 12.4 Å². The Morgan fingerprint density at radius 2 is 1.74 bits per heavy atom. The third kappa shape index (κ3) is 3.94. The second kappa shape index (κ2) is 8.20. The maximum absolute atomic E-state index is 12.7. The van der Waals surface area contributed by atoms with Gasteiger partial charge in [-0.15, -0.1) is 0 Å². The Morgan fingerprint density at radius 3 is 2.22 bits per heavy atom. The average Bonchev–Trinajstić information content (AvgIpc) is 2.95. The van der Waals surface area contributed by atoms with Gasteiger partial charge in [0.1, 0.15) is 5.69 Å². The van der Waals surface area contributed by atoms with Crippen LogP contribution in [0.1, 0.15) is 30.8 Å². The van der Waals surface area contributed by atoms with Crippen molar-refractivity contribution in [3.63, 3.8) is 0 Å². The summed E-state index contributed by atoms with van der Waals surface area (Å²) in [6, 6.07) is 2.32. The molecule has 1 aromatic heterocycles. The minimum Gasteiger partial charge on any atom is -0.548 e. The maximum atomic E-state index is 12.7. The molecule has 0 unspecified atom stereocenters. The number of ether oxygens (including phenoxy) is 3. The Bertz CT molecular complexity index is 856. The quantitative estimate of drug-likeness (QED) is 0.739. The van der Waals surface area contributed by atoms with E-state index < -0.39 is 17.9 Å². The fraction of sp³-hybridized carbons (Fsp3) is 0.474. The monoisotopic (exact) mass is 377 g/mol. The molecule has 1 N–H and O–H groups in total. The van der Waals surface area contributed by atoms with Crippen molar-refractivity contribution in [1.29, 1.82) is 0 Å². The zero-order valence-electron chi connectivity index (χ0n) is 16.4. The first kappa shape index (κ1) is 20.4. The Kier molecular flexibility index (Phi) is 6.20. The highest BCUT2D eigenvalue weighted by molar-refractivity contribution is 6.02. The summed E-state index contributed by atoms with van der Waals surface area (Å²) in [5, 5.41) is 14.6. The molecular formula is C19H25N2O6-. The lowest BCUT2D eigenvalue weighted by atomic mass is 10.0. The second-order valence-corrected chi connectivity index (χ2v) is 6.65. The van der Waals surface area contributed by atoms with Gasteiger partial charge in [0.15, 0.2) is 11.5 Å². The third-order valence-corrected chi connectivity index (χ3v) is 4.35. The van der Waals surface area contributed by atoms with Crippen LogP contribution in [0.2, 0.25) is 0 Å². The van der Waals surface area contributed by atoms with Crippen LogP contribution < -0.4 is 24.6 Å². The molecule has 0 aliphatic rings. The van der Waals surface area contributed by atoms with E-state index >= 15 is 0 Å². The van der Waals surface area contributed by atoms with Crippen molar-refractivity contribution in [2.75, 3.05) is 21.3 Å². The molecule has 0 spiro atoms. The standard InChI is InChI=1S/C19H26N2O6/c1-10(2)7-12(19(23)24)20-18(22)13-8-11-9-14(25-4)16(26-5)17(27-6)15(11)21(13)3/h8-10,12H,7H2,1-6H3,(H,20,22)(H,23,24)/p-1/t12-/m0/s1. The van der Waals surface area contributed by atoms with Crippen molar-refractivity contribution in [1.82, 2.24) is 9.88 Å². The maximum Gasteiger partial charge on any atom is 0.268 e. The molecular weight excluding hydrogens is 352 g/mol. The van der Waals surface area contributed by atoms with Crippen molar-refractivity contribution in [3.05, 3.63) is 17.8 Å². The molecule has 1 heterocycles. The van der Waals surface area contributed by atoms with Crippen molar-refractivity contribution in [3.8, 4) is 17.2 Å². The van der Waals surface area contributed by atoms with Crippen molar-refractivity contribution in [2.24, 2.45) is 13.0 Å². The molecule has 8 heteroatoms. The number of nitrogens with zero attached hydrogens (tertiary/aromatic N) is 1. The predicted molar refractivity (Wildman–Crippen MR) is 98.3 cm³/mol. The van der Waals surface area contributed by atoms with Gasteiger partial charge < -0.3 is 34.0 Å². The third-order valence-electron chi connectivity index (χ3n) is 4.35. The second-order valence-electron chi connectivity index (χ2n) is 6.65. The van der Waals surface area contributed by atoms with Gasteiger partial charge in [-0.25, -0.2) is 0 Å². The Labute approximate surface area is 158 Å².